The molecule has 2 atom stereocenters. The molecular formula is C9H16. The normalized spacial score (nSPS) is 43.7. The van der Waals surface area contributed by atoms with Gasteiger partial charge in [0.2, 0.25) is 0 Å². The molecule has 0 heteroatoms. The molecule has 2 aliphatic carbocycles. The topological polar surface area (TPSA) is 0 Å². The molecule has 2 fully saturated rings. The SMILES string of the molecule is CC1CC[C@@H](C2CC2)C1. The third kappa shape index (κ3) is 1.12. The summed E-state index contributed by atoms with van der Waals surface area (Å²) in [6, 6.07) is 0. The summed E-state index contributed by atoms with van der Waals surface area (Å²) in [5.41, 5.74) is 0. The molecule has 0 nitrogen and oxygen atoms in total. The molecule has 52 valence electrons. The Labute approximate surface area is 57.6 Å². The first-order valence-corrected chi connectivity index (χ1v) is 4.36. The van der Waals surface area contributed by atoms with E-state index < -0.39 is 0 Å². The molecule has 2 rings (SSSR count). The molecule has 0 bridgehead atoms. The van der Waals surface area contributed by atoms with E-state index >= 15 is 0 Å². The van der Waals surface area contributed by atoms with E-state index in [4.69, 9.17) is 0 Å². The number of hydrogen-bond donors (Lipinski definition) is 0. The van der Waals surface area contributed by atoms with Crippen molar-refractivity contribution in [3.05, 3.63) is 0 Å². The molecule has 2 saturated carbocycles. The molecule has 0 N–H and O–H groups in total. The smallest absolute Gasteiger partial charge is 0.0383 e. The van der Waals surface area contributed by atoms with E-state index in [1.54, 1.807) is 25.7 Å². The average Bonchev–Trinajstić information content (AvgIpc) is 2.58. The molecule has 1 unspecified atom stereocenters. The Kier molecular flexibility index (Phi) is 1.28. The van der Waals surface area contributed by atoms with Crippen LogP contribution in [0.3, 0.4) is 0 Å². The molecule has 0 spiro atoms. The molecule has 0 radical (unpaired) electrons. The van der Waals surface area contributed by atoms with Crippen molar-refractivity contribution in [2.45, 2.75) is 39.0 Å². The van der Waals surface area contributed by atoms with Crippen molar-refractivity contribution in [2.75, 3.05) is 0 Å². The van der Waals surface area contributed by atoms with E-state index in [0.29, 0.717) is 0 Å². The van der Waals surface area contributed by atoms with Crippen molar-refractivity contribution in [1.29, 1.82) is 0 Å². The minimum atomic E-state index is 1.05. The number of rotatable bonds is 1. The monoisotopic (exact) mass is 124 g/mol. The van der Waals surface area contributed by atoms with Crippen molar-refractivity contribution < 1.29 is 0 Å². The lowest BCUT2D eigenvalue weighted by Crippen LogP contribution is -1.95. The molecule has 0 amide bonds. The van der Waals surface area contributed by atoms with Crippen LogP contribution in [-0.4, -0.2) is 0 Å². The second-order valence-electron chi connectivity index (χ2n) is 4.02. The molecule has 0 heterocycles. The molecule has 0 aromatic carbocycles. The van der Waals surface area contributed by atoms with Crippen molar-refractivity contribution in [1.82, 2.24) is 0 Å². The Morgan fingerprint density at radius 3 is 2.00 bits per heavy atom. The van der Waals surface area contributed by atoms with Crippen LogP contribution >= 0.6 is 0 Å². The van der Waals surface area contributed by atoms with E-state index in [1.807, 2.05) is 0 Å². The van der Waals surface area contributed by atoms with Crippen LogP contribution < -0.4 is 0 Å². The quantitative estimate of drug-likeness (QED) is 0.504. The van der Waals surface area contributed by atoms with Gasteiger partial charge in [0.05, 0.1) is 0 Å². The lowest BCUT2D eigenvalue weighted by Gasteiger charge is -2.04. The highest BCUT2D eigenvalue weighted by molar-refractivity contribution is 4.86. The first-order chi connectivity index (χ1) is 4.36. The van der Waals surface area contributed by atoms with E-state index in [9.17, 15) is 0 Å². The van der Waals surface area contributed by atoms with Crippen molar-refractivity contribution in [3.63, 3.8) is 0 Å². The van der Waals surface area contributed by atoms with Gasteiger partial charge in [-0.1, -0.05) is 13.3 Å². The summed E-state index contributed by atoms with van der Waals surface area (Å²) in [5, 5.41) is 0. The second-order valence-corrected chi connectivity index (χ2v) is 4.02. The minimum Gasteiger partial charge on any atom is -0.0625 e. The van der Waals surface area contributed by atoms with Crippen molar-refractivity contribution >= 4 is 0 Å². The summed E-state index contributed by atoms with van der Waals surface area (Å²) in [6.45, 7) is 2.41. The van der Waals surface area contributed by atoms with Crippen LogP contribution in [0.2, 0.25) is 0 Å². The van der Waals surface area contributed by atoms with Crippen LogP contribution in [-0.2, 0) is 0 Å². The summed E-state index contributed by atoms with van der Waals surface area (Å²) in [5.74, 6) is 3.38. The predicted molar refractivity (Wildman–Crippen MR) is 39.2 cm³/mol. The summed E-state index contributed by atoms with van der Waals surface area (Å²) in [4.78, 5) is 0. The first-order valence-electron chi connectivity index (χ1n) is 4.36. The van der Waals surface area contributed by atoms with Crippen molar-refractivity contribution in [2.24, 2.45) is 17.8 Å². The molecule has 2 aliphatic rings. The van der Waals surface area contributed by atoms with Gasteiger partial charge < -0.3 is 0 Å². The van der Waals surface area contributed by atoms with Crippen LogP contribution in [0.1, 0.15) is 39.0 Å². The van der Waals surface area contributed by atoms with Crippen LogP contribution in [0.4, 0.5) is 0 Å². The fourth-order valence-electron chi connectivity index (χ4n) is 2.25. The molecule has 9 heavy (non-hydrogen) atoms. The maximum atomic E-state index is 2.41. The zero-order chi connectivity index (χ0) is 6.27. The van der Waals surface area contributed by atoms with Crippen LogP contribution in [0.25, 0.3) is 0 Å². The lowest BCUT2D eigenvalue weighted by molar-refractivity contribution is 0.458. The molecule has 0 aliphatic heterocycles. The van der Waals surface area contributed by atoms with Gasteiger partial charge in [-0.3, -0.25) is 0 Å². The predicted octanol–water partition coefficient (Wildman–Crippen LogP) is 2.83. The number of hydrogen-bond acceptors (Lipinski definition) is 0. The van der Waals surface area contributed by atoms with Gasteiger partial charge in [0.25, 0.3) is 0 Å². The summed E-state index contributed by atoms with van der Waals surface area (Å²) < 4.78 is 0. The zero-order valence-corrected chi connectivity index (χ0v) is 6.27. The fraction of sp³-hybridized carbons (Fsp3) is 1.00. The summed E-state index contributed by atoms with van der Waals surface area (Å²) >= 11 is 0. The highest BCUT2D eigenvalue weighted by Gasteiger charge is 2.34. The molecule has 0 saturated heterocycles. The van der Waals surface area contributed by atoms with Gasteiger partial charge >= 0.3 is 0 Å². The van der Waals surface area contributed by atoms with E-state index in [1.165, 1.54) is 12.3 Å². The van der Waals surface area contributed by atoms with Gasteiger partial charge in [0, 0.05) is 0 Å². The van der Waals surface area contributed by atoms with Gasteiger partial charge in [-0.2, -0.15) is 0 Å². The Morgan fingerprint density at radius 1 is 0.889 bits per heavy atom. The highest BCUT2D eigenvalue weighted by Crippen LogP contribution is 2.46. The Balaban J connectivity index is 1.86. The van der Waals surface area contributed by atoms with Crippen LogP contribution in [0, 0.1) is 17.8 Å². The van der Waals surface area contributed by atoms with Gasteiger partial charge in [0.1, 0.15) is 0 Å². The van der Waals surface area contributed by atoms with Gasteiger partial charge in [-0.05, 0) is 43.4 Å². The Morgan fingerprint density at radius 2 is 1.56 bits per heavy atom. The largest absolute Gasteiger partial charge is 0.0625 e. The van der Waals surface area contributed by atoms with Gasteiger partial charge in [-0.25, -0.2) is 0 Å². The summed E-state index contributed by atoms with van der Waals surface area (Å²) in [7, 11) is 0. The fourth-order valence-corrected chi connectivity index (χ4v) is 2.25. The van der Waals surface area contributed by atoms with E-state index in [0.717, 1.165) is 11.8 Å². The Hall–Kier alpha value is 0. The van der Waals surface area contributed by atoms with Crippen LogP contribution in [0.5, 0.6) is 0 Å². The first kappa shape index (κ1) is 5.76. The lowest BCUT2D eigenvalue weighted by atomic mass is 10.0. The maximum absolute atomic E-state index is 2.41. The summed E-state index contributed by atoms with van der Waals surface area (Å²) in [6.07, 6.45) is 7.71. The van der Waals surface area contributed by atoms with Crippen LogP contribution in [0.15, 0.2) is 0 Å². The highest BCUT2D eigenvalue weighted by atomic mass is 14.4. The molecular weight excluding hydrogens is 108 g/mol. The van der Waals surface area contributed by atoms with Crippen molar-refractivity contribution in [3.8, 4) is 0 Å². The molecule has 0 aromatic heterocycles. The third-order valence-electron chi connectivity index (χ3n) is 3.02. The molecule has 0 aromatic rings. The van der Waals surface area contributed by atoms with E-state index in [2.05, 4.69) is 6.92 Å². The van der Waals surface area contributed by atoms with Gasteiger partial charge in [0.15, 0.2) is 0 Å². The standard InChI is InChI=1S/C9H16/c1-7-2-3-9(6-7)8-4-5-8/h7-9H,2-6H2,1H3/t7?,9-/m1/s1. The second kappa shape index (κ2) is 2.00. The van der Waals surface area contributed by atoms with E-state index in [-0.39, 0.29) is 0 Å². The maximum Gasteiger partial charge on any atom is -0.0383 e. The zero-order valence-electron chi connectivity index (χ0n) is 6.27. The average molecular weight is 124 g/mol. The van der Waals surface area contributed by atoms with Gasteiger partial charge in [-0.15, -0.1) is 0 Å². The minimum absolute atomic E-state index is 1.05. The Bertz CT molecular complexity index is 103. The third-order valence-corrected chi connectivity index (χ3v) is 3.02.